The summed E-state index contributed by atoms with van der Waals surface area (Å²) in [5, 5.41) is 20.0. The van der Waals surface area contributed by atoms with E-state index in [0.29, 0.717) is 18.9 Å². The lowest BCUT2D eigenvalue weighted by atomic mass is 10.1. The number of carboxylic acid groups (broad SMARTS) is 2. The van der Waals surface area contributed by atoms with Crippen LogP contribution in [0.25, 0.3) is 0 Å². The normalized spacial score (nSPS) is 14.0. The smallest absolute Gasteiger partial charge is 0.357 e. The van der Waals surface area contributed by atoms with Crippen molar-refractivity contribution in [2.75, 3.05) is 5.32 Å². The summed E-state index contributed by atoms with van der Waals surface area (Å²) in [5.74, 6) is -7.36. The topological polar surface area (TPSA) is 173 Å². The van der Waals surface area contributed by atoms with E-state index >= 15 is 0 Å². The number of carboxylic acids is 2. The van der Waals surface area contributed by atoms with Crippen molar-refractivity contribution in [3.05, 3.63) is 77.2 Å². The van der Waals surface area contributed by atoms with Crippen LogP contribution >= 0.6 is 0 Å². The van der Waals surface area contributed by atoms with Crippen molar-refractivity contribution in [3.8, 4) is 5.75 Å². The van der Waals surface area contributed by atoms with Crippen LogP contribution in [0.15, 0.2) is 53.6 Å². The SMILES string of the molecule is O=C(O)c1ncc(NC(=O)C(Oc2ccc(F)cc2F)c2ccc(S(=O)(=O)C3CC3)cc2)nc1C(=O)O. The molecule has 4 rings (SSSR count). The molecule has 1 aromatic heterocycles. The second kappa shape index (κ2) is 9.89. The quantitative estimate of drug-likeness (QED) is 0.371. The van der Waals surface area contributed by atoms with E-state index in [1.165, 1.54) is 24.3 Å². The maximum absolute atomic E-state index is 14.3. The molecule has 1 aliphatic rings. The highest BCUT2D eigenvalue weighted by Gasteiger charge is 2.37. The molecule has 1 heterocycles. The molecular formula is C23H17F2N3O8S. The molecule has 192 valence electrons. The summed E-state index contributed by atoms with van der Waals surface area (Å²) >= 11 is 0. The first-order valence-corrected chi connectivity index (χ1v) is 12.1. The van der Waals surface area contributed by atoms with Gasteiger partial charge in [-0.15, -0.1) is 0 Å². The van der Waals surface area contributed by atoms with Gasteiger partial charge < -0.3 is 20.3 Å². The van der Waals surface area contributed by atoms with Crippen molar-refractivity contribution < 1.29 is 46.5 Å². The fourth-order valence-electron chi connectivity index (χ4n) is 3.32. The monoisotopic (exact) mass is 533 g/mol. The van der Waals surface area contributed by atoms with E-state index in [-0.39, 0.29) is 10.5 Å². The third kappa shape index (κ3) is 5.53. The summed E-state index contributed by atoms with van der Waals surface area (Å²) < 4.78 is 58.1. The van der Waals surface area contributed by atoms with Gasteiger partial charge in [-0.25, -0.2) is 36.8 Å². The van der Waals surface area contributed by atoms with E-state index < -0.39 is 73.6 Å². The summed E-state index contributed by atoms with van der Waals surface area (Å²) in [6.45, 7) is 0. The third-order valence-electron chi connectivity index (χ3n) is 5.28. The zero-order chi connectivity index (χ0) is 26.9. The second-order valence-corrected chi connectivity index (χ2v) is 10.2. The van der Waals surface area contributed by atoms with Crippen LogP contribution in [0.5, 0.6) is 5.75 Å². The van der Waals surface area contributed by atoms with Gasteiger partial charge in [0.1, 0.15) is 5.82 Å². The molecule has 37 heavy (non-hydrogen) atoms. The Bertz CT molecular complexity index is 1510. The Kier molecular flexibility index (Phi) is 6.85. The van der Waals surface area contributed by atoms with Crippen LogP contribution in [-0.2, 0) is 14.6 Å². The number of benzene rings is 2. The number of carbonyl (C=O) groups is 3. The van der Waals surface area contributed by atoms with E-state index in [0.717, 1.165) is 18.3 Å². The minimum absolute atomic E-state index is 0.0205. The van der Waals surface area contributed by atoms with Crippen molar-refractivity contribution in [1.82, 2.24) is 9.97 Å². The predicted octanol–water partition coefficient (Wildman–Crippen LogP) is 2.85. The maximum Gasteiger partial charge on any atom is 0.357 e. The van der Waals surface area contributed by atoms with E-state index in [1.807, 2.05) is 0 Å². The molecule has 14 heteroatoms. The molecule has 1 atom stereocenters. The largest absolute Gasteiger partial charge is 0.476 e. The fraction of sp³-hybridized carbons (Fsp3) is 0.174. The molecule has 1 unspecified atom stereocenters. The molecule has 1 saturated carbocycles. The van der Waals surface area contributed by atoms with Crippen LogP contribution in [0.4, 0.5) is 14.6 Å². The predicted molar refractivity (Wildman–Crippen MR) is 121 cm³/mol. The van der Waals surface area contributed by atoms with Crippen LogP contribution in [0.3, 0.4) is 0 Å². The molecule has 0 bridgehead atoms. The number of carbonyl (C=O) groups excluding carboxylic acids is 1. The lowest BCUT2D eigenvalue weighted by molar-refractivity contribution is -0.123. The Morgan fingerprint density at radius 3 is 2.22 bits per heavy atom. The molecule has 0 saturated heterocycles. The Morgan fingerprint density at radius 2 is 1.65 bits per heavy atom. The van der Waals surface area contributed by atoms with Crippen molar-refractivity contribution in [1.29, 1.82) is 0 Å². The molecule has 1 amide bonds. The standard InChI is InChI=1S/C23H17F2N3O8S/c24-12-3-8-16(15(25)9-12)36-20(11-1-4-13(5-2-11)37(34,35)14-6-7-14)21(29)28-17-10-26-18(22(30)31)19(27-17)23(32)33/h1-5,8-10,14,20H,6-7H2,(H,30,31)(H,32,33)(H,27,28,29). The number of aromatic carboxylic acids is 2. The first-order chi connectivity index (χ1) is 17.5. The lowest BCUT2D eigenvalue weighted by Gasteiger charge is -2.20. The number of anilines is 1. The number of aromatic nitrogens is 2. The van der Waals surface area contributed by atoms with Crippen LogP contribution < -0.4 is 10.1 Å². The molecule has 0 aliphatic heterocycles. The molecule has 3 N–H and O–H groups in total. The molecule has 0 spiro atoms. The highest BCUT2D eigenvalue weighted by atomic mass is 32.2. The van der Waals surface area contributed by atoms with Crippen LogP contribution in [-0.4, -0.2) is 51.7 Å². The van der Waals surface area contributed by atoms with E-state index in [4.69, 9.17) is 9.84 Å². The number of nitrogens with one attached hydrogen (secondary N) is 1. The number of nitrogens with zero attached hydrogens (tertiary/aromatic N) is 2. The summed E-state index contributed by atoms with van der Waals surface area (Å²) in [6.07, 6.45) is 0.241. The number of sulfone groups is 1. The first kappa shape index (κ1) is 25.6. The van der Waals surface area contributed by atoms with Gasteiger partial charge in [0.25, 0.3) is 5.91 Å². The number of ether oxygens (including phenoxy) is 1. The Hall–Kier alpha value is -4.46. The molecule has 3 aromatic rings. The molecule has 1 fully saturated rings. The summed E-state index contributed by atoms with van der Waals surface area (Å²) in [6, 6.07) is 7.46. The average molecular weight is 533 g/mol. The summed E-state index contributed by atoms with van der Waals surface area (Å²) in [7, 11) is -3.54. The highest BCUT2D eigenvalue weighted by molar-refractivity contribution is 7.92. The van der Waals surface area contributed by atoms with Gasteiger partial charge in [0.05, 0.1) is 16.3 Å². The van der Waals surface area contributed by atoms with Gasteiger partial charge in [-0.1, -0.05) is 12.1 Å². The van der Waals surface area contributed by atoms with Gasteiger partial charge in [0.2, 0.25) is 6.10 Å². The van der Waals surface area contributed by atoms with Crippen LogP contribution in [0.2, 0.25) is 0 Å². The zero-order valence-corrected chi connectivity index (χ0v) is 19.4. The molecule has 11 nitrogen and oxygen atoms in total. The third-order valence-corrected chi connectivity index (χ3v) is 7.56. The van der Waals surface area contributed by atoms with Gasteiger partial charge >= 0.3 is 11.9 Å². The van der Waals surface area contributed by atoms with E-state index in [1.54, 1.807) is 0 Å². The lowest BCUT2D eigenvalue weighted by Crippen LogP contribution is -2.27. The van der Waals surface area contributed by atoms with Crippen LogP contribution in [0, 0.1) is 11.6 Å². The van der Waals surface area contributed by atoms with Crippen LogP contribution in [0.1, 0.15) is 45.5 Å². The molecule has 0 radical (unpaired) electrons. The number of amides is 1. The molecule has 1 aliphatic carbocycles. The van der Waals surface area contributed by atoms with Crippen molar-refractivity contribution in [2.24, 2.45) is 0 Å². The van der Waals surface area contributed by atoms with Crippen molar-refractivity contribution in [2.45, 2.75) is 29.1 Å². The fourth-order valence-corrected chi connectivity index (χ4v) is 4.98. The average Bonchev–Trinajstić information content (AvgIpc) is 3.70. The molecular weight excluding hydrogens is 516 g/mol. The maximum atomic E-state index is 14.3. The first-order valence-electron chi connectivity index (χ1n) is 10.6. The van der Waals surface area contributed by atoms with Gasteiger partial charge in [-0.05, 0) is 37.1 Å². The van der Waals surface area contributed by atoms with E-state index in [9.17, 15) is 36.7 Å². The van der Waals surface area contributed by atoms with Crippen molar-refractivity contribution in [3.63, 3.8) is 0 Å². The number of halogens is 2. The summed E-state index contributed by atoms with van der Waals surface area (Å²) in [5.41, 5.74) is -1.73. The molecule has 2 aromatic carbocycles. The number of rotatable bonds is 9. The van der Waals surface area contributed by atoms with Gasteiger partial charge in [-0.3, -0.25) is 4.79 Å². The van der Waals surface area contributed by atoms with Crippen molar-refractivity contribution >= 4 is 33.5 Å². The highest BCUT2D eigenvalue weighted by Crippen LogP contribution is 2.34. The minimum atomic E-state index is -3.54. The minimum Gasteiger partial charge on any atom is -0.476 e. The van der Waals surface area contributed by atoms with Gasteiger partial charge in [-0.2, -0.15) is 0 Å². The number of hydrogen-bond donors (Lipinski definition) is 3. The van der Waals surface area contributed by atoms with Gasteiger partial charge in [0, 0.05) is 11.6 Å². The number of hydrogen-bond acceptors (Lipinski definition) is 8. The Labute approximate surface area is 207 Å². The second-order valence-electron chi connectivity index (χ2n) is 7.94. The Morgan fingerprint density at radius 1 is 1.00 bits per heavy atom. The zero-order valence-electron chi connectivity index (χ0n) is 18.6. The summed E-state index contributed by atoms with van der Waals surface area (Å²) in [4.78, 5) is 42.7. The van der Waals surface area contributed by atoms with Gasteiger partial charge in [0.15, 0.2) is 38.6 Å². The van der Waals surface area contributed by atoms with E-state index in [2.05, 4.69) is 15.3 Å². The Balaban J connectivity index is 1.68.